The van der Waals surface area contributed by atoms with E-state index in [1.165, 1.54) is 36.4 Å². The van der Waals surface area contributed by atoms with Crippen molar-refractivity contribution in [3.63, 3.8) is 0 Å². The average Bonchev–Trinajstić information content (AvgIpc) is 2.74. The van der Waals surface area contributed by atoms with E-state index in [2.05, 4.69) is 0 Å². The minimum Gasteiger partial charge on any atom is -0.273 e. The SMILES string of the molecule is O=C1NC(=O)N(c2ccccc2F)C(=O)/C1=C\c1ccc(Cc2cccc(F)c2)c(Cl)c1. The van der Waals surface area contributed by atoms with Gasteiger partial charge in [-0.15, -0.1) is 0 Å². The fourth-order valence-electron chi connectivity index (χ4n) is 3.34. The molecule has 8 heteroatoms. The molecule has 3 aromatic carbocycles. The summed E-state index contributed by atoms with van der Waals surface area (Å²) in [5.74, 6) is -2.98. The Morgan fingerprint density at radius 1 is 0.938 bits per heavy atom. The molecule has 0 saturated carbocycles. The van der Waals surface area contributed by atoms with Gasteiger partial charge in [0.15, 0.2) is 0 Å². The highest BCUT2D eigenvalue weighted by atomic mass is 35.5. The van der Waals surface area contributed by atoms with Crippen molar-refractivity contribution in [1.82, 2.24) is 5.32 Å². The summed E-state index contributed by atoms with van der Waals surface area (Å²) < 4.78 is 27.6. The van der Waals surface area contributed by atoms with Crippen LogP contribution < -0.4 is 10.2 Å². The predicted octanol–water partition coefficient (Wildman–Crippen LogP) is 4.88. The van der Waals surface area contributed by atoms with Crippen molar-refractivity contribution in [2.75, 3.05) is 4.90 Å². The van der Waals surface area contributed by atoms with E-state index in [0.717, 1.165) is 17.2 Å². The molecule has 1 aliphatic heterocycles. The summed E-state index contributed by atoms with van der Waals surface area (Å²) in [6, 6.07) is 15.2. The van der Waals surface area contributed by atoms with Gasteiger partial charge in [-0.2, -0.15) is 0 Å². The van der Waals surface area contributed by atoms with E-state index in [9.17, 15) is 23.2 Å². The van der Waals surface area contributed by atoms with Crippen molar-refractivity contribution >= 4 is 41.2 Å². The van der Waals surface area contributed by atoms with Crippen molar-refractivity contribution in [1.29, 1.82) is 0 Å². The topological polar surface area (TPSA) is 66.5 Å². The second-order valence-electron chi connectivity index (χ2n) is 7.07. The first-order chi connectivity index (χ1) is 15.3. The van der Waals surface area contributed by atoms with Crippen LogP contribution in [-0.2, 0) is 16.0 Å². The Morgan fingerprint density at radius 3 is 2.44 bits per heavy atom. The second kappa shape index (κ2) is 8.72. The van der Waals surface area contributed by atoms with E-state index in [0.29, 0.717) is 21.9 Å². The highest BCUT2D eigenvalue weighted by Gasteiger charge is 2.37. The molecule has 1 saturated heterocycles. The second-order valence-corrected chi connectivity index (χ2v) is 7.47. The Hall–Kier alpha value is -3.84. The number of amides is 4. The summed E-state index contributed by atoms with van der Waals surface area (Å²) in [4.78, 5) is 37.9. The van der Waals surface area contributed by atoms with Crippen LogP contribution in [0.4, 0.5) is 19.3 Å². The Bertz CT molecular complexity index is 1290. The normalized spacial score (nSPS) is 15.3. The Balaban J connectivity index is 1.64. The summed E-state index contributed by atoms with van der Waals surface area (Å²) in [7, 11) is 0. The van der Waals surface area contributed by atoms with Crippen LogP contribution in [0.15, 0.2) is 72.3 Å². The number of rotatable bonds is 4. The number of nitrogens with zero attached hydrogens (tertiary/aromatic N) is 1. The van der Waals surface area contributed by atoms with E-state index < -0.39 is 23.7 Å². The molecule has 0 atom stereocenters. The van der Waals surface area contributed by atoms with Crippen molar-refractivity contribution in [2.45, 2.75) is 6.42 Å². The number of para-hydroxylation sites is 1. The third kappa shape index (κ3) is 4.29. The standard InChI is InChI=1S/C24H15ClF2N2O3/c25-19-13-15(8-9-16(19)10-14-4-3-5-17(26)11-14)12-18-22(30)28-24(32)29(23(18)31)21-7-2-1-6-20(21)27/h1-9,11-13H,10H2,(H,28,30,32)/b18-12-. The summed E-state index contributed by atoms with van der Waals surface area (Å²) >= 11 is 6.36. The molecule has 0 radical (unpaired) electrons. The van der Waals surface area contributed by atoms with Gasteiger partial charge in [-0.05, 0) is 59.5 Å². The van der Waals surface area contributed by atoms with Gasteiger partial charge in [0, 0.05) is 5.02 Å². The number of halogens is 3. The van der Waals surface area contributed by atoms with Gasteiger partial charge in [-0.1, -0.05) is 48.0 Å². The van der Waals surface area contributed by atoms with E-state index in [4.69, 9.17) is 11.6 Å². The molecule has 0 aliphatic carbocycles. The van der Waals surface area contributed by atoms with Gasteiger partial charge in [0.2, 0.25) is 0 Å². The molecule has 0 spiro atoms. The first kappa shape index (κ1) is 21.4. The van der Waals surface area contributed by atoms with Crippen molar-refractivity contribution in [3.05, 3.63) is 106 Å². The van der Waals surface area contributed by atoms with Crippen LogP contribution in [0.25, 0.3) is 6.08 Å². The van der Waals surface area contributed by atoms with Crippen molar-refractivity contribution in [3.8, 4) is 0 Å². The van der Waals surface area contributed by atoms with Crippen LogP contribution in [-0.4, -0.2) is 17.8 Å². The number of nitrogens with one attached hydrogen (secondary N) is 1. The molecule has 0 aromatic heterocycles. The van der Waals surface area contributed by atoms with Gasteiger partial charge in [-0.3, -0.25) is 14.9 Å². The number of anilines is 1. The molecule has 3 aromatic rings. The maximum Gasteiger partial charge on any atom is 0.336 e. The minimum absolute atomic E-state index is 0.267. The van der Waals surface area contributed by atoms with E-state index in [1.807, 2.05) is 5.32 Å². The van der Waals surface area contributed by atoms with Gasteiger partial charge in [0.1, 0.15) is 17.2 Å². The first-order valence-corrected chi connectivity index (χ1v) is 9.90. The number of hydrogen-bond donors (Lipinski definition) is 1. The third-order valence-electron chi connectivity index (χ3n) is 4.87. The lowest BCUT2D eigenvalue weighted by Crippen LogP contribution is -2.54. The molecule has 1 heterocycles. The molecule has 1 aliphatic rings. The average molecular weight is 453 g/mol. The predicted molar refractivity (Wildman–Crippen MR) is 116 cm³/mol. The number of urea groups is 1. The number of imide groups is 2. The summed E-state index contributed by atoms with van der Waals surface area (Å²) in [5, 5.41) is 2.40. The van der Waals surface area contributed by atoms with Gasteiger partial charge < -0.3 is 0 Å². The molecular weight excluding hydrogens is 438 g/mol. The smallest absolute Gasteiger partial charge is 0.273 e. The Morgan fingerprint density at radius 2 is 1.72 bits per heavy atom. The van der Waals surface area contributed by atoms with E-state index >= 15 is 0 Å². The van der Waals surface area contributed by atoms with Crippen LogP contribution in [0.1, 0.15) is 16.7 Å². The monoisotopic (exact) mass is 452 g/mol. The molecule has 160 valence electrons. The zero-order valence-electron chi connectivity index (χ0n) is 16.4. The van der Waals surface area contributed by atoms with E-state index in [-0.39, 0.29) is 17.1 Å². The number of benzene rings is 3. The molecule has 0 bridgehead atoms. The first-order valence-electron chi connectivity index (χ1n) is 9.52. The van der Waals surface area contributed by atoms with E-state index in [1.54, 1.807) is 30.3 Å². The molecule has 1 fully saturated rings. The lowest BCUT2D eigenvalue weighted by atomic mass is 10.0. The lowest BCUT2D eigenvalue weighted by Gasteiger charge is -2.26. The summed E-state index contributed by atoms with van der Waals surface area (Å²) in [6.45, 7) is 0. The zero-order chi connectivity index (χ0) is 22.8. The largest absolute Gasteiger partial charge is 0.336 e. The highest BCUT2D eigenvalue weighted by molar-refractivity contribution is 6.39. The van der Waals surface area contributed by atoms with Gasteiger partial charge in [0.05, 0.1) is 5.69 Å². The van der Waals surface area contributed by atoms with Crippen LogP contribution in [0.3, 0.4) is 0 Å². The molecule has 4 rings (SSSR count). The maximum atomic E-state index is 14.2. The van der Waals surface area contributed by atoms with Crippen molar-refractivity contribution < 1.29 is 23.2 Å². The highest BCUT2D eigenvalue weighted by Crippen LogP contribution is 2.26. The summed E-state index contributed by atoms with van der Waals surface area (Å²) in [6.07, 6.45) is 1.66. The Kier molecular flexibility index (Phi) is 5.83. The molecule has 32 heavy (non-hydrogen) atoms. The molecule has 1 N–H and O–H groups in total. The van der Waals surface area contributed by atoms with Gasteiger partial charge in [-0.25, -0.2) is 18.5 Å². The fourth-order valence-corrected chi connectivity index (χ4v) is 3.60. The zero-order valence-corrected chi connectivity index (χ0v) is 17.2. The summed E-state index contributed by atoms with van der Waals surface area (Å²) in [5.41, 5.74) is 1.28. The molecule has 5 nitrogen and oxygen atoms in total. The lowest BCUT2D eigenvalue weighted by molar-refractivity contribution is -0.122. The number of carbonyl (C=O) groups is 3. The Labute approximate surface area is 186 Å². The van der Waals surface area contributed by atoms with Crippen molar-refractivity contribution in [2.24, 2.45) is 0 Å². The number of barbiturate groups is 1. The number of carbonyl (C=O) groups excluding carboxylic acids is 3. The van der Waals surface area contributed by atoms with Crippen LogP contribution in [0, 0.1) is 11.6 Å². The van der Waals surface area contributed by atoms with Crippen LogP contribution in [0.5, 0.6) is 0 Å². The van der Waals surface area contributed by atoms with Crippen LogP contribution in [0.2, 0.25) is 5.02 Å². The quantitative estimate of drug-likeness (QED) is 0.453. The fraction of sp³-hybridized carbons (Fsp3) is 0.0417. The third-order valence-corrected chi connectivity index (χ3v) is 5.22. The minimum atomic E-state index is -1.04. The molecular formula is C24H15ClF2N2O3. The van der Waals surface area contributed by atoms with Crippen LogP contribution >= 0.6 is 11.6 Å². The molecule has 4 amide bonds. The van der Waals surface area contributed by atoms with Gasteiger partial charge >= 0.3 is 6.03 Å². The maximum absolute atomic E-state index is 14.2. The van der Waals surface area contributed by atoms with Gasteiger partial charge in [0.25, 0.3) is 11.8 Å². The number of hydrogen-bond acceptors (Lipinski definition) is 3. The molecule has 0 unspecified atom stereocenters.